The summed E-state index contributed by atoms with van der Waals surface area (Å²) in [5.41, 5.74) is 0. The first-order valence-electron chi connectivity index (χ1n) is 29.1. The van der Waals surface area contributed by atoms with Gasteiger partial charge in [-0.05, 0) is 128 Å². The lowest BCUT2D eigenvalue weighted by Gasteiger charge is -2.18. The Hall–Kier alpha value is -5.23. The quantitative estimate of drug-likeness (QED) is 0.0261. The van der Waals surface area contributed by atoms with E-state index >= 15 is 0 Å². The molecule has 6 heteroatoms. The van der Waals surface area contributed by atoms with Crippen LogP contribution in [0.5, 0.6) is 0 Å². The first kappa shape index (κ1) is 68.8. The van der Waals surface area contributed by atoms with E-state index in [1.165, 1.54) is 32.1 Å². The SMILES string of the molecule is CC/C=C\C/C=C\C/C=C\C/C=C\C/C=C\C/C=C\C/C=C\CCCCCC(=O)OCC(COC(=O)CCCCCCCCCC)OC(=O)CCC/C=C\C/C=C\C/C=C\C/C=C\C/C=C\C/C=C\C/C=C\CC. The molecule has 0 aromatic heterocycles. The molecular formula is C68H104O6. The zero-order valence-corrected chi connectivity index (χ0v) is 47.0. The number of hydrogen-bond acceptors (Lipinski definition) is 6. The minimum atomic E-state index is -0.830. The number of ether oxygens (including phenoxy) is 3. The van der Waals surface area contributed by atoms with Crippen molar-refractivity contribution >= 4 is 17.9 Å². The lowest BCUT2D eigenvalue weighted by atomic mass is 10.1. The van der Waals surface area contributed by atoms with E-state index in [1.807, 2.05) is 0 Å². The molecule has 74 heavy (non-hydrogen) atoms. The largest absolute Gasteiger partial charge is 0.462 e. The Balaban J connectivity index is 4.45. The molecule has 412 valence electrons. The maximum Gasteiger partial charge on any atom is 0.306 e. The molecule has 0 fully saturated rings. The van der Waals surface area contributed by atoms with Crippen LogP contribution in [0.25, 0.3) is 0 Å². The number of carbonyl (C=O) groups excluding carboxylic acids is 3. The van der Waals surface area contributed by atoms with Gasteiger partial charge in [-0.25, -0.2) is 0 Å². The minimum Gasteiger partial charge on any atom is -0.462 e. The molecule has 0 bridgehead atoms. The predicted molar refractivity (Wildman–Crippen MR) is 320 cm³/mol. The van der Waals surface area contributed by atoms with Crippen molar-refractivity contribution in [3.8, 4) is 0 Å². The lowest BCUT2D eigenvalue weighted by molar-refractivity contribution is -0.167. The number of carbonyl (C=O) groups is 3. The Bertz CT molecular complexity index is 1740. The smallest absolute Gasteiger partial charge is 0.306 e. The molecule has 0 radical (unpaired) electrons. The van der Waals surface area contributed by atoms with Gasteiger partial charge in [0, 0.05) is 19.3 Å². The molecular weight excluding hydrogens is 913 g/mol. The molecule has 0 aliphatic carbocycles. The van der Waals surface area contributed by atoms with Gasteiger partial charge >= 0.3 is 17.9 Å². The first-order valence-corrected chi connectivity index (χ1v) is 29.1. The van der Waals surface area contributed by atoms with Crippen molar-refractivity contribution < 1.29 is 28.6 Å². The van der Waals surface area contributed by atoms with Gasteiger partial charge in [-0.1, -0.05) is 242 Å². The second kappa shape index (κ2) is 60.3. The van der Waals surface area contributed by atoms with Crippen LogP contribution in [0.15, 0.2) is 170 Å². The summed E-state index contributed by atoms with van der Waals surface area (Å²) in [4.78, 5) is 38.0. The molecule has 6 nitrogen and oxygen atoms in total. The molecule has 0 saturated carbocycles. The maximum atomic E-state index is 12.8. The Morgan fingerprint density at radius 3 is 0.865 bits per heavy atom. The molecule has 0 N–H and O–H groups in total. The van der Waals surface area contributed by atoms with Crippen molar-refractivity contribution in [1.82, 2.24) is 0 Å². The van der Waals surface area contributed by atoms with Gasteiger partial charge < -0.3 is 14.2 Å². The molecule has 0 aliphatic heterocycles. The number of rotatable bonds is 50. The Morgan fingerprint density at radius 1 is 0.284 bits per heavy atom. The standard InChI is InChI=1S/C68H104O6/c1-4-7-10-13-16-19-21-23-25-27-29-31-33-34-36-37-39-41-43-45-47-49-52-55-58-61-67(70)73-64-65(63-72-66(69)60-57-54-51-18-15-12-9-6-3)74-68(71)62-59-56-53-50-48-46-44-42-40-38-35-32-30-28-26-24-22-20-17-14-11-8-5-2/h7-8,10-11,16-17,19-20,23-26,29-32,34,36,38-41,44-47,50,53,65H,4-6,9,12-15,18,21-22,27-28,33,35,37,42-43,48-49,51-52,54-64H2,1-3H3/b10-7-,11-8-,19-16-,20-17-,25-23-,26-24-,31-29-,32-30-,36-34-,40-38-,41-39-,46-44-,47-45-,53-50-. The average Bonchev–Trinajstić information content (AvgIpc) is 3.40. The van der Waals surface area contributed by atoms with Crippen LogP contribution in [0.4, 0.5) is 0 Å². The molecule has 0 rings (SSSR count). The Kier molecular flexibility index (Phi) is 56.1. The third-order valence-corrected chi connectivity index (χ3v) is 11.5. The average molecular weight is 1020 g/mol. The number of hydrogen-bond donors (Lipinski definition) is 0. The van der Waals surface area contributed by atoms with Crippen molar-refractivity contribution in [3.05, 3.63) is 170 Å². The topological polar surface area (TPSA) is 78.9 Å². The van der Waals surface area contributed by atoms with Crippen molar-refractivity contribution in [3.63, 3.8) is 0 Å². The van der Waals surface area contributed by atoms with Gasteiger partial charge in [-0.3, -0.25) is 14.4 Å². The van der Waals surface area contributed by atoms with E-state index < -0.39 is 6.10 Å². The molecule has 1 unspecified atom stereocenters. The first-order chi connectivity index (χ1) is 36.5. The molecule has 0 aromatic rings. The fourth-order valence-corrected chi connectivity index (χ4v) is 7.17. The summed E-state index contributed by atoms with van der Waals surface area (Å²) in [5.74, 6) is -1.03. The zero-order valence-electron chi connectivity index (χ0n) is 47.0. The summed E-state index contributed by atoms with van der Waals surface area (Å²) in [5, 5.41) is 0. The highest BCUT2D eigenvalue weighted by Gasteiger charge is 2.19. The van der Waals surface area contributed by atoms with Crippen LogP contribution in [0.3, 0.4) is 0 Å². The summed E-state index contributed by atoms with van der Waals surface area (Å²) in [6, 6.07) is 0. The van der Waals surface area contributed by atoms with Crippen LogP contribution in [-0.4, -0.2) is 37.2 Å². The third-order valence-electron chi connectivity index (χ3n) is 11.5. The number of allylic oxidation sites excluding steroid dienone is 28. The van der Waals surface area contributed by atoms with Crippen molar-refractivity contribution in [2.24, 2.45) is 0 Å². The molecule has 0 heterocycles. The van der Waals surface area contributed by atoms with Gasteiger partial charge in [0.15, 0.2) is 6.10 Å². The van der Waals surface area contributed by atoms with E-state index in [0.29, 0.717) is 19.3 Å². The second-order valence-electron chi connectivity index (χ2n) is 18.4. The summed E-state index contributed by atoms with van der Waals surface area (Å²) in [6.07, 6.45) is 89.3. The van der Waals surface area contributed by atoms with E-state index in [4.69, 9.17) is 14.2 Å². The van der Waals surface area contributed by atoms with Crippen LogP contribution < -0.4 is 0 Å². The van der Waals surface area contributed by atoms with Crippen molar-refractivity contribution in [1.29, 1.82) is 0 Å². The van der Waals surface area contributed by atoms with E-state index in [2.05, 4.69) is 191 Å². The van der Waals surface area contributed by atoms with Crippen molar-refractivity contribution in [2.75, 3.05) is 13.2 Å². The fourth-order valence-electron chi connectivity index (χ4n) is 7.17. The molecule has 0 aliphatic rings. The zero-order chi connectivity index (χ0) is 53.6. The van der Waals surface area contributed by atoms with E-state index in [1.54, 1.807) is 0 Å². The molecule has 0 spiro atoms. The highest BCUT2D eigenvalue weighted by Crippen LogP contribution is 2.12. The fraction of sp³-hybridized carbons (Fsp3) is 0.544. The normalized spacial score (nSPS) is 13.4. The van der Waals surface area contributed by atoms with Crippen LogP contribution in [0, 0.1) is 0 Å². The lowest BCUT2D eigenvalue weighted by Crippen LogP contribution is -2.30. The van der Waals surface area contributed by atoms with Gasteiger partial charge in [0.25, 0.3) is 0 Å². The highest BCUT2D eigenvalue weighted by molar-refractivity contribution is 5.71. The Morgan fingerprint density at radius 2 is 0.541 bits per heavy atom. The highest BCUT2D eigenvalue weighted by atomic mass is 16.6. The Labute approximate surface area is 453 Å². The van der Waals surface area contributed by atoms with Gasteiger partial charge in [0.2, 0.25) is 0 Å². The maximum absolute atomic E-state index is 12.8. The van der Waals surface area contributed by atoms with E-state index in [0.717, 1.165) is 141 Å². The summed E-state index contributed by atoms with van der Waals surface area (Å²) < 4.78 is 16.7. The van der Waals surface area contributed by atoms with Crippen LogP contribution in [0.1, 0.15) is 220 Å². The van der Waals surface area contributed by atoms with Crippen molar-refractivity contribution in [2.45, 2.75) is 226 Å². The monoisotopic (exact) mass is 1020 g/mol. The van der Waals surface area contributed by atoms with Gasteiger partial charge in [0.1, 0.15) is 13.2 Å². The number of unbranched alkanes of at least 4 members (excludes halogenated alkanes) is 11. The summed E-state index contributed by atoms with van der Waals surface area (Å²) in [6.45, 7) is 6.28. The van der Waals surface area contributed by atoms with E-state index in [-0.39, 0.29) is 37.5 Å². The van der Waals surface area contributed by atoms with Crippen LogP contribution >= 0.6 is 0 Å². The van der Waals surface area contributed by atoms with E-state index in [9.17, 15) is 14.4 Å². The summed E-state index contributed by atoms with van der Waals surface area (Å²) in [7, 11) is 0. The predicted octanol–water partition coefficient (Wildman–Crippen LogP) is 19.9. The minimum absolute atomic E-state index is 0.119. The van der Waals surface area contributed by atoms with Gasteiger partial charge in [-0.15, -0.1) is 0 Å². The molecule has 1 atom stereocenters. The second-order valence-corrected chi connectivity index (χ2v) is 18.4. The van der Waals surface area contributed by atoms with Crippen LogP contribution in [-0.2, 0) is 28.6 Å². The molecule has 0 saturated heterocycles. The van der Waals surface area contributed by atoms with Gasteiger partial charge in [0.05, 0.1) is 0 Å². The van der Waals surface area contributed by atoms with Crippen LogP contribution in [0.2, 0.25) is 0 Å². The number of esters is 3. The molecule has 0 amide bonds. The van der Waals surface area contributed by atoms with Gasteiger partial charge in [-0.2, -0.15) is 0 Å². The molecule has 0 aromatic carbocycles. The summed E-state index contributed by atoms with van der Waals surface area (Å²) >= 11 is 0. The third kappa shape index (κ3) is 57.7.